The summed E-state index contributed by atoms with van der Waals surface area (Å²) >= 11 is 0. The lowest BCUT2D eigenvalue weighted by Gasteiger charge is -2.31. The summed E-state index contributed by atoms with van der Waals surface area (Å²) in [5.41, 5.74) is 6.35. The van der Waals surface area contributed by atoms with E-state index >= 15 is 0 Å². The second-order valence-corrected chi connectivity index (χ2v) is 6.72. The van der Waals surface area contributed by atoms with Crippen LogP contribution in [0.2, 0.25) is 0 Å². The Morgan fingerprint density at radius 1 is 1.05 bits per heavy atom. The Labute approximate surface area is 132 Å². The molecule has 0 bridgehead atoms. The monoisotopic (exact) mass is 302 g/mol. The van der Waals surface area contributed by atoms with Crippen molar-refractivity contribution >= 4 is 11.6 Å². The molecule has 120 valence electrons. The molecule has 0 aromatic heterocycles. The van der Waals surface area contributed by atoms with Crippen molar-refractivity contribution in [3.63, 3.8) is 0 Å². The first-order valence-electron chi connectivity index (χ1n) is 8.53. The van der Waals surface area contributed by atoms with Gasteiger partial charge in [0.05, 0.1) is 11.6 Å². The van der Waals surface area contributed by atoms with Crippen molar-refractivity contribution < 1.29 is 9.53 Å². The third-order valence-corrected chi connectivity index (χ3v) is 4.92. The molecule has 0 saturated heterocycles. The summed E-state index contributed by atoms with van der Waals surface area (Å²) < 4.78 is 5.93. The van der Waals surface area contributed by atoms with Crippen LogP contribution in [0.5, 0.6) is 5.75 Å². The summed E-state index contributed by atoms with van der Waals surface area (Å²) in [6.45, 7) is 0. The van der Waals surface area contributed by atoms with Crippen LogP contribution in [-0.2, 0) is 4.79 Å². The Balaban J connectivity index is 1.57. The largest absolute Gasteiger partial charge is 0.490 e. The number of nitrogens with one attached hydrogen (secondary N) is 1. The second kappa shape index (κ2) is 6.69. The van der Waals surface area contributed by atoms with Crippen LogP contribution >= 0.6 is 0 Å². The van der Waals surface area contributed by atoms with E-state index in [1.165, 1.54) is 19.3 Å². The fraction of sp³-hybridized carbons (Fsp3) is 0.611. The second-order valence-electron chi connectivity index (χ2n) is 6.72. The first kappa shape index (κ1) is 15.3. The zero-order chi connectivity index (χ0) is 15.4. The number of ether oxygens (including phenoxy) is 1. The van der Waals surface area contributed by atoms with E-state index in [4.69, 9.17) is 10.5 Å². The summed E-state index contributed by atoms with van der Waals surface area (Å²) in [4.78, 5) is 12.4. The van der Waals surface area contributed by atoms with Crippen LogP contribution in [0.1, 0.15) is 57.8 Å². The SMILES string of the molecule is NC1(C(=O)Nc2ccc(OC3CCCC3)cc2)CCCCC1. The van der Waals surface area contributed by atoms with Gasteiger partial charge in [-0.1, -0.05) is 19.3 Å². The molecule has 0 atom stereocenters. The van der Waals surface area contributed by atoms with E-state index in [2.05, 4.69) is 5.32 Å². The summed E-state index contributed by atoms with van der Waals surface area (Å²) in [7, 11) is 0. The van der Waals surface area contributed by atoms with E-state index in [-0.39, 0.29) is 5.91 Å². The van der Waals surface area contributed by atoms with Crippen LogP contribution in [0.15, 0.2) is 24.3 Å². The van der Waals surface area contributed by atoms with Gasteiger partial charge in [0.2, 0.25) is 5.91 Å². The topological polar surface area (TPSA) is 64.4 Å². The van der Waals surface area contributed by atoms with E-state index in [9.17, 15) is 4.79 Å². The molecule has 2 aliphatic rings. The number of carbonyl (C=O) groups is 1. The number of nitrogens with two attached hydrogens (primary N) is 1. The van der Waals surface area contributed by atoms with Crippen molar-refractivity contribution in [2.45, 2.75) is 69.4 Å². The van der Waals surface area contributed by atoms with Crippen molar-refractivity contribution in [1.82, 2.24) is 0 Å². The molecule has 3 rings (SSSR count). The van der Waals surface area contributed by atoms with Gasteiger partial charge in [-0.2, -0.15) is 0 Å². The van der Waals surface area contributed by atoms with Crippen LogP contribution in [0.4, 0.5) is 5.69 Å². The van der Waals surface area contributed by atoms with Gasteiger partial charge in [-0.15, -0.1) is 0 Å². The van der Waals surface area contributed by atoms with Crippen molar-refractivity contribution in [3.8, 4) is 5.75 Å². The molecular formula is C18H26N2O2. The van der Waals surface area contributed by atoms with Crippen LogP contribution in [-0.4, -0.2) is 17.6 Å². The first-order chi connectivity index (χ1) is 10.7. The lowest BCUT2D eigenvalue weighted by molar-refractivity contribution is -0.122. The molecule has 1 aromatic rings. The Hall–Kier alpha value is -1.55. The van der Waals surface area contributed by atoms with Crippen LogP contribution in [0.3, 0.4) is 0 Å². The Morgan fingerprint density at radius 2 is 1.68 bits per heavy atom. The maximum atomic E-state index is 12.4. The van der Waals surface area contributed by atoms with Gasteiger partial charge in [0.1, 0.15) is 5.75 Å². The Bertz CT molecular complexity index is 500. The molecule has 3 N–H and O–H groups in total. The minimum Gasteiger partial charge on any atom is -0.490 e. The third kappa shape index (κ3) is 3.61. The first-order valence-corrected chi connectivity index (χ1v) is 8.53. The zero-order valence-electron chi connectivity index (χ0n) is 13.1. The van der Waals surface area contributed by atoms with Gasteiger partial charge >= 0.3 is 0 Å². The molecule has 4 heteroatoms. The van der Waals surface area contributed by atoms with Gasteiger partial charge in [0, 0.05) is 5.69 Å². The standard InChI is InChI=1S/C18H26N2O2/c19-18(12-4-1-5-13-18)17(21)20-14-8-10-16(11-9-14)22-15-6-2-3-7-15/h8-11,15H,1-7,12-13,19H2,(H,20,21). The molecule has 0 radical (unpaired) electrons. The number of hydrogen-bond acceptors (Lipinski definition) is 3. The fourth-order valence-corrected chi connectivity index (χ4v) is 3.48. The minimum atomic E-state index is -0.697. The highest BCUT2D eigenvalue weighted by Gasteiger charge is 2.35. The Morgan fingerprint density at radius 3 is 2.32 bits per heavy atom. The maximum absolute atomic E-state index is 12.4. The molecule has 2 aliphatic carbocycles. The molecule has 2 saturated carbocycles. The van der Waals surface area contributed by atoms with Gasteiger partial charge in [-0.25, -0.2) is 0 Å². The highest BCUT2D eigenvalue weighted by molar-refractivity contribution is 5.98. The summed E-state index contributed by atoms with van der Waals surface area (Å²) in [6, 6.07) is 7.65. The Kier molecular flexibility index (Phi) is 4.67. The fourth-order valence-electron chi connectivity index (χ4n) is 3.48. The smallest absolute Gasteiger partial charge is 0.244 e. The van der Waals surface area contributed by atoms with Crippen molar-refractivity contribution in [1.29, 1.82) is 0 Å². The maximum Gasteiger partial charge on any atom is 0.244 e. The molecule has 1 aromatic carbocycles. The van der Waals surface area contributed by atoms with E-state index < -0.39 is 5.54 Å². The summed E-state index contributed by atoms with van der Waals surface area (Å²) in [6.07, 6.45) is 9.99. The number of carbonyl (C=O) groups excluding carboxylic acids is 1. The van der Waals surface area contributed by atoms with Crippen molar-refractivity contribution in [2.24, 2.45) is 5.73 Å². The van der Waals surface area contributed by atoms with Crippen molar-refractivity contribution in [2.75, 3.05) is 5.32 Å². The number of benzene rings is 1. The molecule has 0 aliphatic heterocycles. The van der Waals surface area contributed by atoms with E-state index in [0.29, 0.717) is 6.10 Å². The lowest BCUT2D eigenvalue weighted by atomic mass is 9.82. The molecule has 1 amide bonds. The van der Waals surface area contributed by atoms with Gasteiger partial charge in [0.25, 0.3) is 0 Å². The number of amides is 1. The number of rotatable bonds is 4. The predicted molar refractivity (Wildman–Crippen MR) is 88.0 cm³/mol. The molecule has 4 nitrogen and oxygen atoms in total. The quantitative estimate of drug-likeness (QED) is 0.893. The van der Waals surface area contributed by atoms with Crippen molar-refractivity contribution in [3.05, 3.63) is 24.3 Å². The highest BCUT2D eigenvalue weighted by Crippen LogP contribution is 2.28. The average Bonchev–Trinajstić information content (AvgIpc) is 3.03. The molecule has 0 heterocycles. The highest BCUT2D eigenvalue weighted by atomic mass is 16.5. The van der Waals surface area contributed by atoms with Crippen LogP contribution in [0.25, 0.3) is 0 Å². The predicted octanol–water partition coefficient (Wildman–Crippen LogP) is 3.61. The van der Waals surface area contributed by atoms with Gasteiger partial charge in [-0.3, -0.25) is 4.79 Å². The van der Waals surface area contributed by atoms with Gasteiger partial charge in [0.15, 0.2) is 0 Å². The van der Waals surface area contributed by atoms with E-state index in [1.807, 2.05) is 24.3 Å². The zero-order valence-corrected chi connectivity index (χ0v) is 13.1. The molecule has 2 fully saturated rings. The summed E-state index contributed by atoms with van der Waals surface area (Å²) in [5, 5.41) is 2.95. The van der Waals surface area contributed by atoms with Gasteiger partial charge in [-0.05, 0) is 62.8 Å². The molecule has 0 spiro atoms. The number of hydrogen-bond donors (Lipinski definition) is 2. The van der Waals surface area contributed by atoms with Crippen LogP contribution in [0, 0.1) is 0 Å². The number of anilines is 1. The molecular weight excluding hydrogens is 276 g/mol. The average molecular weight is 302 g/mol. The third-order valence-electron chi connectivity index (χ3n) is 4.92. The van der Waals surface area contributed by atoms with E-state index in [1.54, 1.807) is 0 Å². The molecule has 22 heavy (non-hydrogen) atoms. The lowest BCUT2D eigenvalue weighted by Crippen LogP contribution is -2.52. The van der Waals surface area contributed by atoms with Crippen LogP contribution < -0.4 is 15.8 Å². The van der Waals surface area contributed by atoms with E-state index in [0.717, 1.165) is 50.0 Å². The normalized spacial score (nSPS) is 21.5. The summed E-state index contributed by atoms with van der Waals surface area (Å²) in [5.74, 6) is 0.821. The molecule has 0 unspecified atom stereocenters. The minimum absolute atomic E-state index is 0.0586. The van der Waals surface area contributed by atoms with Gasteiger partial charge < -0.3 is 15.8 Å².